The van der Waals surface area contributed by atoms with E-state index >= 15 is 0 Å². The molecule has 1 saturated heterocycles. The van der Waals surface area contributed by atoms with Crippen molar-refractivity contribution < 1.29 is 4.79 Å². The maximum Gasteiger partial charge on any atom is 0.265 e. The molecule has 6 heteroatoms. The Morgan fingerprint density at radius 1 is 1.10 bits per heavy atom. The SMILES string of the molecule is CNC1CCN(c2ccc(NC(=O)c3ccc(-c4ccccc4SC)s3)cc2)C1. The normalized spacial score (nSPS) is 16.2. The van der Waals surface area contributed by atoms with Crippen LogP contribution in [0.25, 0.3) is 10.4 Å². The minimum atomic E-state index is -0.0629. The zero-order valence-corrected chi connectivity index (χ0v) is 18.3. The van der Waals surface area contributed by atoms with Crippen molar-refractivity contribution in [1.82, 2.24) is 5.32 Å². The quantitative estimate of drug-likeness (QED) is 0.536. The molecule has 2 heterocycles. The Balaban J connectivity index is 1.43. The van der Waals surface area contributed by atoms with Crippen LogP contribution in [0, 0.1) is 0 Å². The molecule has 2 N–H and O–H groups in total. The average Bonchev–Trinajstić information content (AvgIpc) is 3.44. The molecular formula is C23H25N3OS2. The molecule has 1 aliphatic rings. The maximum absolute atomic E-state index is 12.7. The Hall–Kier alpha value is -2.28. The lowest BCUT2D eigenvalue weighted by Gasteiger charge is -2.19. The van der Waals surface area contributed by atoms with Gasteiger partial charge in [0.15, 0.2) is 0 Å². The average molecular weight is 424 g/mol. The smallest absolute Gasteiger partial charge is 0.265 e. The number of hydrogen-bond donors (Lipinski definition) is 2. The van der Waals surface area contributed by atoms with E-state index in [9.17, 15) is 4.79 Å². The molecule has 150 valence electrons. The van der Waals surface area contributed by atoms with Crippen LogP contribution in [0.4, 0.5) is 11.4 Å². The number of likely N-dealkylation sites (N-methyl/N-ethyl adjacent to an activating group) is 1. The lowest BCUT2D eigenvalue weighted by molar-refractivity contribution is 0.103. The number of hydrogen-bond acceptors (Lipinski definition) is 5. The first-order valence-electron chi connectivity index (χ1n) is 9.75. The van der Waals surface area contributed by atoms with E-state index in [2.05, 4.69) is 46.1 Å². The highest BCUT2D eigenvalue weighted by atomic mass is 32.2. The van der Waals surface area contributed by atoms with Crippen LogP contribution in [0.5, 0.6) is 0 Å². The van der Waals surface area contributed by atoms with Gasteiger partial charge in [-0.1, -0.05) is 18.2 Å². The minimum absolute atomic E-state index is 0.0629. The molecule has 1 amide bonds. The van der Waals surface area contributed by atoms with Crippen molar-refractivity contribution in [1.29, 1.82) is 0 Å². The summed E-state index contributed by atoms with van der Waals surface area (Å²) < 4.78 is 0. The number of nitrogens with zero attached hydrogens (tertiary/aromatic N) is 1. The number of carbonyl (C=O) groups is 1. The van der Waals surface area contributed by atoms with E-state index in [0.29, 0.717) is 6.04 Å². The van der Waals surface area contributed by atoms with Gasteiger partial charge >= 0.3 is 0 Å². The second-order valence-corrected chi connectivity index (χ2v) is 9.02. The number of thioether (sulfide) groups is 1. The topological polar surface area (TPSA) is 44.4 Å². The summed E-state index contributed by atoms with van der Waals surface area (Å²) in [5, 5.41) is 6.37. The first-order valence-corrected chi connectivity index (χ1v) is 11.8. The summed E-state index contributed by atoms with van der Waals surface area (Å²) in [5.74, 6) is -0.0629. The van der Waals surface area contributed by atoms with Crippen LogP contribution < -0.4 is 15.5 Å². The van der Waals surface area contributed by atoms with Crippen molar-refractivity contribution >= 4 is 40.4 Å². The Morgan fingerprint density at radius 3 is 2.62 bits per heavy atom. The third-order valence-electron chi connectivity index (χ3n) is 5.29. The number of nitrogens with one attached hydrogen (secondary N) is 2. The number of amides is 1. The van der Waals surface area contributed by atoms with Gasteiger partial charge in [0.1, 0.15) is 0 Å². The second kappa shape index (κ2) is 9.03. The van der Waals surface area contributed by atoms with Crippen molar-refractivity contribution in [2.45, 2.75) is 17.4 Å². The van der Waals surface area contributed by atoms with Crippen LogP contribution >= 0.6 is 23.1 Å². The summed E-state index contributed by atoms with van der Waals surface area (Å²) in [4.78, 5) is 18.1. The van der Waals surface area contributed by atoms with Gasteiger partial charge in [0, 0.05) is 45.8 Å². The summed E-state index contributed by atoms with van der Waals surface area (Å²) in [6, 6.07) is 20.9. The van der Waals surface area contributed by atoms with Crippen molar-refractivity contribution in [3.05, 3.63) is 65.5 Å². The molecule has 1 atom stereocenters. The molecule has 1 unspecified atom stereocenters. The third kappa shape index (κ3) is 4.50. The van der Waals surface area contributed by atoms with Gasteiger partial charge < -0.3 is 15.5 Å². The van der Waals surface area contributed by atoms with E-state index in [1.54, 1.807) is 11.8 Å². The van der Waals surface area contributed by atoms with Crippen molar-refractivity contribution in [2.24, 2.45) is 0 Å². The standard InChI is InChI=1S/C23H25N3OS2/c1-24-17-13-14-26(15-17)18-9-7-16(8-10-18)25-23(27)22-12-11-21(29-22)19-5-3-4-6-20(19)28-2/h3-12,17,24H,13-15H2,1-2H3,(H,25,27). The highest BCUT2D eigenvalue weighted by Crippen LogP contribution is 2.35. The molecule has 0 aliphatic carbocycles. The molecule has 4 rings (SSSR count). The number of benzene rings is 2. The molecule has 0 spiro atoms. The predicted molar refractivity (Wildman–Crippen MR) is 126 cm³/mol. The molecule has 3 aromatic rings. The van der Waals surface area contributed by atoms with Gasteiger partial charge in [-0.3, -0.25) is 4.79 Å². The highest BCUT2D eigenvalue weighted by Gasteiger charge is 2.21. The van der Waals surface area contributed by atoms with Gasteiger partial charge in [0.25, 0.3) is 5.91 Å². The molecule has 0 radical (unpaired) electrons. The number of thiophene rings is 1. The first-order chi connectivity index (χ1) is 14.2. The molecule has 0 saturated carbocycles. The molecule has 0 bridgehead atoms. The third-order valence-corrected chi connectivity index (χ3v) is 7.20. The van der Waals surface area contributed by atoms with Gasteiger partial charge in [0.05, 0.1) is 4.88 Å². The van der Waals surface area contributed by atoms with Crippen LogP contribution in [0.2, 0.25) is 0 Å². The van der Waals surface area contributed by atoms with Crippen LogP contribution in [0.1, 0.15) is 16.1 Å². The van der Waals surface area contributed by atoms with E-state index in [-0.39, 0.29) is 5.91 Å². The monoisotopic (exact) mass is 423 g/mol. The Morgan fingerprint density at radius 2 is 1.90 bits per heavy atom. The number of carbonyl (C=O) groups excluding carboxylic acids is 1. The van der Waals surface area contributed by atoms with Crippen LogP contribution in [0.3, 0.4) is 0 Å². The molecule has 1 aromatic heterocycles. The molecule has 1 fully saturated rings. The van der Waals surface area contributed by atoms with Crippen LogP contribution in [0.15, 0.2) is 65.6 Å². The summed E-state index contributed by atoms with van der Waals surface area (Å²) >= 11 is 3.25. The van der Waals surface area contributed by atoms with Gasteiger partial charge in [-0.2, -0.15) is 0 Å². The fourth-order valence-electron chi connectivity index (χ4n) is 3.63. The summed E-state index contributed by atoms with van der Waals surface area (Å²) in [5.41, 5.74) is 3.20. The maximum atomic E-state index is 12.7. The highest BCUT2D eigenvalue weighted by molar-refractivity contribution is 7.98. The molecule has 29 heavy (non-hydrogen) atoms. The van der Waals surface area contributed by atoms with Gasteiger partial charge in [0.2, 0.25) is 0 Å². The van der Waals surface area contributed by atoms with Crippen molar-refractivity contribution in [3.8, 4) is 10.4 Å². The Kier molecular flexibility index (Phi) is 6.23. The Bertz CT molecular complexity index is 984. The van der Waals surface area contributed by atoms with E-state index in [1.165, 1.54) is 27.5 Å². The van der Waals surface area contributed by atoms with Gasteiger partial charge in [-0.25, -0.2) is 0 Å². The first kappa shape index (κ1) is 20.0. The summed E-state index contributed by atoms with van der Waals surface area (Å²) in [6.07, 6.45) is 3.24. The van der Waals surface area contributed by atoms with E-state index in [1.807, 2.05) is 43.4 Å². The second-order valence-electron chi connectivity index (χ2n) is 7.09. The van der Waals surface area contributed by atoms with Crippen molar-refractivity contribution in [2.75, 3.05) is 36.6 Å². The van der Waals surface area contributed by atoms with Crippen LogP contribution in [-0.4, -0.2) is 38.3 Å². The fraction of sp³-hybridized carbons (Fsp3) is 0.261. The van der Waals surface area contributed by atoms with Crippen LogP contribution in [-0.2, 0) is 0 Å². The summed E-state index contributed by atoms with van der Waals surface area (Å²) in [7, 11) is 2.02. The zero-order chi connectivity index (χ0) is 20.2. The summed E-state index contributed by atoms with van der Waals surface area (Å²) in [6.45, 7) is 2.09. The van der Waals surface area contributed by atoms with E-state index in [4.69, 9.17) is 0 Å². The lowest BCUT2D eigenvalue weighted by Crippen LogP contribution is -2.29. The number of rotatable bonds is 6. The zero-order valence-electron chi connectivity index (χ0n) is 16.6. The van der Waals surface area contributed by atoms with Gasteiger partial charge in [-0.15, -0.1) is 23.1 Å². The van der Waals surface area contributed by atoms with Crippen molar-refractivity contribution in [3.63, 3.8) is 0 Å². The minimum Gasteiger partial charge on any atom is -0.370 e. The van der Waals surface area contributed by atoms with E-state index < -0.39 is 0 Å². The Labute approximate surface area is 180 Å². The molecule has 2 aromatic carbocycles. The fourth-order valence-corrected chi connectivity index (χ4v) is 5.25. The van der Waals surface area contributed by atoms with E-state index in [0.717, 1.165) is 35.0 Å². The molecular weight excluding hydrogens is 398 g/mol. The van der Waals surface area contributed by atoms with Gasteiger partial charge in [-0.05, 0) is 62.2 Å². The molecule has 1 aliphatic heterocycles. The molecule has 4 nitrogen and oxygen atoms in total. The largest absolute Gasteiger partial charge is 0.370 e. The predicted octanol–water partition coefficient (Wildman–Crippen LogP) is 5.19. The number of anilines is 2. The lowest BCUT2D eigenvalue weighted by atomic mass is 10.2.